The Hall–Kier alpha value is -4.39. The Balaban J connectivity index is 1.14. The zero-order valence-corrected chi connectivity index (χ0v) is 27.5. The van der Waals surface area contributed by atoms with Gasteiger partial charge in [0.2, 0.25) is 15.9 Å². The number of nitrogens with one attached hydrogen (secondary N) is 3. The first-order chi connectivity index (χ1) is 22.2. The Labute approximate surface area is 274 Å². The summed E-state index contributed by atoms with van der Waals surface area (Å²) in [5.74, 6) is -2.14. The highest BCUT2D eigenvalue weighted by Gasteiger charge is 2.62. The number of hydrogen-bond donors (Lipinski definition) is 3. The van der Waals surface area contributed by atoms with Gasteiger partial charge in [0, 0.05) is 18.4 Å². The molecule has 4 aliphatic rings. The van der Waals surface area contributed by atoms with E-state index in [4.69, 9.17) is 9.47 Å². The summed E-state index contributed by atoms with van der Waals surface area (Å²) in [6, 6.07) is 14.2. The van der Waals surface area contributed by atoms with Gasteiger partial charge in [-0.3, -0.25) is 19.2 Å². The van der Waals surface area contributed by atoms with Crippen LogP contribution in [-0.2, 0) is 29.1 Å². The summed E-state index contributed by atoms with van der Waals surface area (Å²) in [5.41, 5.74) is 1.95. The highest BCUT2D eigenvalue weighted by atomic mass is 32.2. The molecule has 0 spiro atoms. The van der Waals surface area contributed by atoms with E-state index in [-0.39, 0.29) is 31.9 Å². The number of carbonyl (C=O) groups is 4. The van der Waals surface area contributed by atoms with Crippen molar-refractivity contribution in [3.8, 4) is 11.1 Å². The first-order valence-electron chi connectivity index (χ1n) is 15.8. The maximum atomic E-state index is 13.8. The summed E-state index contributed by atoms with van der Waals surface area (Å²) >= 11 is 0. The highest BCUT2D eigenvalue weighted by molar-refractivity contribution is 7.91. The standard InChI is InChI=1S/C34H40N4O8S/c1-5-20-17-34(20,30(40)37-47(43,44)22-14-15-22)36-29(39)28-16-21(18-38(28)32(42)46-33(2,3)4)35-31(41)45-19-27-25-12-8-6-10-23(25)24-11-7-9-13-26(24)27/h5-13,20-22,27-28H,1,14-19H2,2-4H3,(H,35,41)(H,36,39)(H,37,40)/t20?,21-,28+,34?/m1/s1. The number of sulfonamides is 1. The van der Waals surface area contributed by atoms with Gasteiger partial charge in [-0.1, -0.05) is 54.6 Å². The zero-order valence-electron chi connectivity index (χ0n) is 26.7. The fourth-order valence-electron chi connectivity index (χ4n) is 6.54. The van der Waals surface area contributed by atoms with E-state index in [1.54, 1.807) is 20.8 Å². The minimum Gasteiger partial charge on any atom is -0.449 e. The number of alkyl carbamates (subject to hydrolysis) is 1. The van der Waals surface area contributed by atoms with Crippen molar-refractivity contribution < 1.29 is 37.1 Å². The number of benzene rings is 2. The van der Waals surface area contributed by atoms with Crippen LogP contribution < -0.4 is 15.4 Å². The third kappa shape index (κ3) is 6.58. The van der Waals surface area contributed by atoms with Gasteiger partial charge in [0.15, 0.2) is 0 Å². The van der Waals surface area contributed by atoms with Crippen LogP contribution in [-0.4, -0.2) is 78.9 Å². The minimum atomic E-state index is -3.86. The Bertz CT molecular complexity index is 1690. The maximum absolute atomic E-state index is 13.8. The Morgan fingerprint density at radius 2 is 1.64 bits per heavy atom. The second-order valence-electron chi connectivity index (χ2n) is 13.7. The van der Waals surface area contributed by atoms with Gasteiger partial charge in [-0.2, -0.15) is 0 Å². The van der Waals surface area contributed by atoms with Gasteiger partial charge in [0.25, 0.3) is 5.91 Å². The lowest BCUT2D eigenvalue weighted by atomic mass is 9.98. The lowest BCUT2D eigenvalue weighted by Crippen LogP contribution is -2.56. The van der Waals surface area contributed by atoms with E-state index >= 15 is 0 Å². The topological polar surface area (TPSA) is 160 Å². The van der Waals surface area contributed by atoms with E-state index in [1.165, 1.54) is 11.0 Å². The summed E-state index contributed by atoms with van der Waals surface area (Å²) in [4.78, 5) is 54.5. The van der Waals surface area contributed by atoms with Crippen LogP contribution in [0, 0.1) is 5.92 Å². The van der Waals surface area contributed by atoms with Gasteiger partial charge in [-0.25, -0.2) is 18.0 Å². The Morgan fingerprint density at radius 3 is 2.19 bits per heavy atom. The van der Waals surface area contributed by atoms with Gasteiger partial charge in [-0.05, 0) is 68.7 Å². The molecule has 2 unspecified atom stereocenters. The predicted molar refractivity (Wildman–Crippen MR) is 173 cm³/mol. The van der Waals surface area contributed by atoms with Crippen LogP contribution in [0.1, 0.15) is 63.5 Å². The molecule has 1 heterocycles. The molecule has 3 aliphatic carbocycles. The third-order valence-electron chi connectivity index (χ3n) is 9.15. The average molecular weight is 665 g/mol. The molecular formula is C34H40N4O8S. The summed E-state index contributed by atoms with van der Waals surface area (Å²) in [6.07, 6.45) is 1.15. The Morgan fingerprint density at radius 1 is 1.02 bits per heavy atom. The summed E-state index contributed by atoms with van der Waals surface area (Å²) in [7, 11) is -3.86. The smallest absolute Gasteiger partial charge is 0.411 e. The molecule has 1 aliphatic heterocycles. The first kappa shape index (κ1) is 32.5. The molecule has 2 aromatic rings. The third-order valence-corrected chi connectivity index (χ3v) is 11.0. The maximum Gasteiger partial charge on any atom is 0.411 e. The number of rotatable bonds is 9. The van der Waals surface area contributed by atoms with Crippen molar-refractivity contribution in [1.82, 2.24) is 20.3 Å². The SMILES string of the molecule is C=CC1CC1(NC(=O)[C@@H]1C[C@@H](NC(=O)OCC2c3ccccc3-c3ccccc32)CN1C(=O)OC(C)(C)C)C(=O)NS(=O)(=O)C1CC1. The summed E-state index contributed by atoms with van der Waals surface area (Å²) in [5, 5.41) is 4.88. The molecule has 2 aromatic carbocycles. The molecule has 13 heteroatoms. The molecule has 6 rings (SSSR count). The fourth-order valence-corrected chi connectivity index (χ4v) is 7.90. The fraction of sp³-hybridized carbons (Fsp3) is 0.471. The second kappa shape index (κ2) is 12.0. The molecule has 1 saturated heterocycles. The monoisotopic (exact) mass is 664 g/mol. The number of nitrogens with zero attached hydrogens (tertiary/aromatic N) is 1. The number of likely N-dealkylation sites (tertiary alicyclic amines) is 1. The molecule has 3 N–H and O–H groups in total. The van der Waals surface area contributed by atoms with Crippen molar-refractivity contribution in [3.63, 3.8) is 0 Å². The molecule has 0 aromatic heterocycles. The minimum absolute atomic E-state index is 0.0199. The van der Waals surface area contributed by atoms with Crippen molar-refractivity contribution in [2.75, 3.05) is 13.2 Å². The van der Waals surface area contributed by atoms with E-state index in [9.17, 15) is 27.6 Å². The zero-order chi connectivity index (χ0) is 33.7. The Kier molecular flexibility index (Phi) is 8.31. The second-order valence-corrected chi connectivity index (χ2v) is 15.7. The lowest BCUT2D eigenvalue weighted by molar-refractivity contribution is -0.131. The molecule has 12 nitrogen and oxygen atoms in total. The predicted octanol–water partition coefficient (Wildman–Crippen LogP) is 3.57. The summed E-state index contributed by atoms with van der Waals surface area (Å²) < 4.78 is 38.4. The van der Waals surface area contributed by atoms with E-state index in [0.717, 1.165) is 22.3 Å². The number of amides is 4. The number of carbonyl (C=O) groups excluding carboxylic acids is 4. The van der Waals surface area contributed by atoms with Gasteiger partial charge in [0.05, 0.1) is 11.3 Å². The van der Waals surface area contributed by atoms with Gasteiger partial charge < -0.3 is 20.1 Å². The average Bonchev–Trinajstić information content (AvgIpc) is 3.92. The van der Waals surface area contributed by atoms with Crippen LogP contribution in [0.25, 0.3) is 11.1 Å². The summed E-state index contributed by atoms with van der Waals surface area (Å²) in [6.45, 7) is 8.86. The van der Waals surface area contributed by atoms with Gasteiger partial charge >= 0.3 is 12.2 Å². The van der Waals surface area contributed by atoms with Crippen LogP contribution in [0.3, 0.4) is 0 Å². The normalized spacial score (nSPS) is 24.8. The van der Waals surface area contributed by atoms with Crippen molar-refractivity contribution >= 4 is 34.0 Å². The number of hydrogen-bond acceptors (Lipinski definition) is 8. The van der Waals surface area contributed by atoms with Gasteiger partial charge in [0.1, 0.15) is 23.8 Å². The number of fused-ring (bicyclic) bond motifs is 3. The van der Waals surface area contributed by atoms with Crippen molar-refractivity contribution in [3.05, 3.63) is 72.3 Å². The van der Waals surface area contributed by atoms with Crippen LogP contribution >= 0.6 is 0 Å². The molecule has 0 bridgehead atoms. The largest absolute Gasteiger partial charge is 0.449 e. The first-order valence-corrected chi connectivity index (χ1v) is 17.4. The molecule has 0 radical (unpaired) electrons. The van der Waals surface area contributed by atoms with Crippen LogP contribution in [0.15, 0.2) is 61.2 Å². The highest BCUT2D eigenvalue weighted by Crippen LogP contribution is 2.46. The van der Waals surface area contributed by atoms with Crippen LogP contribution in [0.5, 0.6) is 0 Å². The van der Waals surface area contributed by atoms with Crippen LogP contribution in [0.4, 0.5) is 9.59 Å². The molecule has 3 fully saturated rings. The molecule has 47 heavy (non-hydrogen) atoms. The van der Waals surface area contributed by atoms with E-state index < -0.39 is 68.4 Å². The number of ether oxygens (including phenoxy) is 2. The van der Waals surface area contributed by atoms with Gasteiger partial charge in [-0.15, -0.1) is 6.58 Å². The van der Waals surface area contributed by atoms with Crippen molar-refractivity contribution in [1.29, 1.82) is 0 Å². The quantitative estimate of drug-likeness (QED) is 0.343. The lowest BCUT2D eigenvalue weighted by Gasteiger charge is -2.29. The molecular weight excluding hydrogens is 624 g/mol. The van der Waals surface area contributed by atoms with Crippen molar-refractivity contribution in [2.24, 2.45) is 5.92 Å². The molecule has 4 amide bonds. The molecule has 2 saturated carbocycles. The molecule has 250 valence electrons. The van der Waals surface area contributed by atoms with E-state index in [1.807, 2.05) is 48.5 Å². The molecule has 4 atom stereocenters. The van der Waals surface area contributed by atoms with E-state index in [2.05, 4.69) is 21.9 Å². The van der Waals surface area contributed by atoms with E-state index in [0.29, 0.717) is 12.8 Å². The van der Waals surface area contributed by atoms with Crippen LogP contribution in [0.2, 0.25) is 0 Å². The van der Waals surface area contributed by atoms with Crippen molar-refractivity contribution in [2.45, 2.75) is 80.8 Å².